The minimum absolute atomic E-state index is 0.0616. The smallest absolute Gasteiger partial charge is 0.254 e. The monoisotopic (exact) mass is 193 g/mol. The Labute approximate surface area is 81.5 Å². The van der Waals surface area contributed by atoms with Crippen molar-refractivity contribution in [1.29, 1.82) is 0 Å². The van der Waals surface area contributed by atoms with E-state index in [2.05, 4.69) is 4.98 Å². The molecule has 0 bridgehead atoms. The van der Waals surface area contributed by atoms with Gasteiger partial charge in [0.2, 0.25) is 0 Å². The van der Waals surface area contributed by atoms with Gasteiger partial charge in [-0.1, -0.05) is 0 Å². The predicted octanol–water partition coefficient (Wildman–Crippen LogP) is 0.0270. The van der Waals surface area contributed by atoms with Gasteiger partial charge in [0.05, 0.1) is 25.0 Å². The first-order valence-electron chi connectivity index (χ1n) is 4.37. The number of hydrogen-bond donors (Lipinski definition) is 1. The number of ether oxygens (including phenoxy) is 1. The Morgan fingerprint density at radius 2 is 2.36 bits per heavy atom. The molecule has 74 valence electrons. The third-order valence-electron chi connectivity index (χ3n) is 2.03. The van der Waals surface area contributed by atoms with Crippen LogP contribution in [0.1, 0.15) is 0 Å². The van der Waals surface area contributed by atoms with Crippen molar-refractivity contribution >= 4 is 17.4 Å². The Bertz CT molecular complexity index is 336. The zero-order valence-electron chi connectivity index (χ0n) is 7.64. The Balaban J connectivity index is 2.20. The lowest BCUT2D eigenvalue weighted by Crippen LogP contribution is -2.42. The maximum atomic E-state index is 11.4. The molecule has 5 nitrogen and oxygen atoms in total. The number of morpholine rings is 1. The van der Waals surface area contributed by atoms with Gasteiger partial charge in [0.25, 0.3) is 5.91 Å². The van der Waals surface area contributed by atoms with Gasteiger partial charge in [0.15, 0.2) is 0 Å². The van der Waals surface area contributed by atoms with Crippen molar-refractivity contribution in [1.82, 2.24) is 4.98 Å². The van der Waals surface area contributed by atoms with Crippen LogP contribution in [-0.2, 0) is 9.53 Å². The van der Waals surface area contributed by atoms with Crippen LogP contribution < -0.4 is 10.6 Å². The number of nitrogens with zero attached hydrogens (tertiary/aromatic N) is 2. The summed E-state index contributed by atoms with van der Waals surface area (Å²) in [5, 5.41) is 0. The molecule has 2 rings (SSSR count). The van der Waals surface area contributed by atoms with Crippen LogP contribution in [-0.4, -0.2) is 30.6 Å². The molecule has 1 aromatic rings. The fraction of sp³-hybridized carbons (Fsp3) is 0.333. The normalized spacial score (nSPS) is 17.1. The van der Waals surface area contributed by atoms with Crippen LogP contribution in [0.5, 0.6) is 0 Å². The number of hydrogen-bond acceptors (Lipinski definition) is 4. The average Bonchev–Trinajstić information content (AvgIpc) is 2.20. The molecule has 1 aliphatic heterocycles. The molecule has 1 saturated heterocycles. The molecule has 0 aliphatic carbocycles. The Kier molecular flexibility index (Phi) is 2.32. The number of pyridine rings is 1. The van der Waals surface area contributed by atoms with Gasteiger partial charge in [-0.15, -0.1) is 0 Å². The second-order valence-corrected chi connectivity index (χ2v) is 3.05. The lowest BCUT2D eigenvalue weighted by molar-refractivity contribution is -0.125. The van der Waals surface area contributed by atoms with E-state index in [9.17, 15) is 4.79 Å². The van der Waals surface area contributed by atoms with E-state index in [1.54, 1.807) is 17.0 Å². The third-order valence-corrected chi connectivity index (χ3v) is 2.03. The lowest BCUT2D eigenvalue weighted by Gasteiger charge is -2.25. The standard InChI is InChI=1S/C9H11N3O2/c10-7-1-2-8(11-5-7)12-3-4-14-6-9(12)13/h1-2,5H,3-4,6,10H2. The molecule has 0 aromatic carbocycles. The molecule has 1 fully saturated rings. The van der Waals surface area contributed by atoms with Crippen LogP contribution in [0.15, 0.2) is 18.3 Å². The van der Waals surface area contributed by atoms with E-state index < -0.39 is 0 Å². The molecule has 1 aromatic heterocycles. The number of carbonyl (C=O) groups excluding carboxylic acids is 1. The van der Waals surface area contributed by atoms with E-state index >= 15 is 0 Å². The molecular weight excluding hydrogens is 182 g/mol. The number of anilines is 2. The first-order valence-corrected chi connectivity index (χ1v) is 4.37. The number of nitrogen functional groups attached to an aromatic ring is 1. The second-order valence-electron chi connectivity index (χ2n) is 3.05. The summed E-state index contributed by atoms with van der Waals surface area (Å²) in [6.07, 6.45) is 1.54. The summed E-state index contributed by atoms with van der Waals surface area (Å²) in [6, 6.07) is 3.46. The molecule has 14 heavy (non-hydrogen) atoms. The van der Waals surface area contributed by atoms with Crippen LogP contribution in [0.25, 0.3) is 0 Å². The maximum absolute atomic E-state index is 11.4. The minimum atomic E-state index is -0.0616. The number of amides is 1. The van der Waals surface area contributed by atoms with Crippen LogP contribution in [0, 0.1) is 0 Å². The summed E-state index contributed by atoms with van der Waals surface area (Å²) in [5.74, 6) is 0.570. The molecule has 0 unspecified atom stereocenters. The highest BCUT2D eigenvalue weighted by molar-refractivity contribution is 5.93. The number of carbonyl (C=O) groups is 1. The van der Waals surface area contributed by atoms with Crippen LogP contribution in [0.3, 0.4) is 0 Å². The van der Waals surface area contributed by atoms with Crippen molar-refractivity contribution in [2.75, 3.05) is 30.4 Å². The molecule has 2 heterocycles. The van der Waals surface area contributed by atoms with Crippen molar-refractivity contribution in [2.45, 2.75) is 0 Å². The average molecular weight is 193 g/mol. The van der Waals surface area contributed by atoms with Crippen LogP contribution in [0.2, 0.25) is 0 Å². The molecule has 1 amide bonds. The topological polar surface area (TPSA) is 68.4 Å². The molecule has 0 saturated carbocycles. The Morgan fingerprint density at radius 1 is 1.50 bits per heavy atom. The summed E-state index contributed by atoms with van der Waals surface area (Å²) in [4.78, 5) is 17.1. The SMILES string of the molecule is Nc1ccc(N2CCOCC2=O)nc1. The van der Waals surface area contributed by atoms with Gasteiger partial charge < -0.3 is 10.5 Å². The van der Waals surface area contributed by atoms with Crippen molar-refractivity contribution in [3.63, 3.8) is 0 Å². The quantitative estimate of drug-likeness (QED) is 0.683. The molecule has 0 radical (unpaired) electrons. The number of rotatable bonds is 1. The zero-order chi connectivity index (χ0) is 9.97. The van der Waals surface area contributed by atoms with Crippen molar-refractivity contribution in [3.8, 4) is 0 Å². The first-order chi connectivity index (χ1) is 6.77. The van der Waals surface area contributed by atoms with E-state index in [1.807, 2.05) is 0 Å². The van der Waals surface area contributed by atoms with Gasteiger partial charge in [-0.25, -0.2) is 4.98 Å². The molecule has 1 aliphatic rings. The third kappa shape index (κ3) is 1.67. The maximum Gasteiger partial charge on any atom is 0.254 e. The first kappa shape index (κ1) is 8.96. The minimum Gasteiger partial charge on any atom is -0.397 e. The summed E-state index contributed by atoms with van der Waals surface area (Å²) >= 11 is 0. The van der Waals surface area contributed by atoms with E-state index in [4.69, 9.17) is 10.5 Å². The summed E-state index contributed by atoms with van der Waals surface area (Å²) in [7, 11) is 0. The zero-order valence-corrected chi connectivity index (χ0v) is 7.64. The molecule has 2 N–H and O–H groups in total. The summed E-state index contributed by atoms with van der Waals surface area (Å²) in [5.41, 5.74) is 6.09. The Hall–Kier alpha value is -1.62. The van der Waals surface area contributed by atoms with Crippen LogP contribution in [0.4, 0.5) is 11.5 Å². The largest absolute Gasteiger partial charge is 0.397 e. The van der Waals surface area contributed by atoms with Crippen LogP contribution >= 0.6 is 0 Å². The van der Waals surface area contributed by atoms with Crippen molar-refractivity contribution < 1.29 is 9.53 Å². The highest BCUT2D eigenvalue weighted by Gasteiger charge is 2.20. The van der Waals surface area contributed by atoms with Gasteiger partial charge in [0.1, 0.15) is 12.4 Å². The number of aromatic nitrogens is 1. The van der Waals surface area contributed by atoms with Gasteiger partial charge in [-0.3, -0.25) is 9.69 Å². The molecule has 0 spiro atoms. The Morgan fingerprint density at radius 3 is 3.00 bits per heavy atom. The predicted molar refractivity (Wildman–Crippen MR) is 51.8 cm³/mol. The fourth-order valence-corrected chi connectivity index (χ4v) is 1.32. The summed E-state index contributed by atoms with van der Waals surface area (Å²) < 4.78 is 5.01. The second kappa shape index (κ2) is 3.63. The van der Waals surface area contributed by atoms with E-state index in [0.717, 1.165) is 0 Å². The summed E-state index contributed by atoms with van der Waals surface area (Å²) in [6.45, 7) is 1.24. The van der Waals surface area contributed by atoms with E-state index in [0.29, 0.717) is 24.7 Å². The van der Waals surface area contributed by atoms with Gasteiger partial charge in [0, 0.05) is 0 Å². The number of nitrogens with two attached hydrogens (primary N) is 1. The highest BCUT2D eigenvalue weighted by atomic mass is 16.5. The van der Waals surface area contributed by atoms with Crippen molar-refractivity contribution in [2.24, 2.45) is 0 Å². The van der Waals surface area contributed by atoms with Gasteiger partial charge >= 0.3 is 0 Å². The van der Waals surface area contributed by atoms with Gasteiger partial charge in [-0.05, 0) is 12.1 Å². The van der Waals surface area contributed by atoms with E-state index in [1.165, 1.54) is 6.20 Å². The van der Waals surface area contributed by atoms with Crippen molar-refractivity contribution in [3.05, 3.63) is 18.3 Å². The lowest BCUT2D eigenvalue weighted by atomic mass is 10.3. The molecule has 5 heteroatoms. The molecular formula is C9H11N3O2. The fourth-order valence-electron chi connectivity index (χ4n) is 1.32. The van der Waals surface area contributed by atoms with Gasteiger partial charge in [-0.2, -0.15) is 0 Å². The van der Waals surface area contributed by atoms with E-state index in [-0.39, 0.29) is 12.5 Å². The highest BCUT2D eigenvalue weighted by Crippen LogP contribution is 2.14. The molecule has 0 atom stereocenters.